The average molecular weight is 419 g/mol. The Morgan fingerprint density at radius 1 is 1.19 bits per heavy atom. The normalized spacial score (nSPS) is 20.1. The van der Waals surface area contributed by atoms with Gasteiger partial charge < -0.3 is 16.0 Å². The number of nitrogens with zero attached hydrogens (tertiary/aromatic N) is 1. The van der Waals surface area contributed by atoms with Crippen molar-refractivity contribution in [2.75, 3.05) is 13.6 Å². The third-order valence-corrected chi connectivity index (χ3v) is 6.37. The molecule has 4 N–H and O–H groups in total. The van der Waals surface area contributed by atoms with Gasteiger partial charge in [0.05, 0.1) is 11.3 Å². The number of allylic oxidation sites excluding steroid dienone is 1. The molecule has 1 aliphatic rings. The van der Waals surface area contributed by atoms with Gasteiger partial charge in [0.1, 0.15) is 5.82 Å². The van der Waals surface area contributed by atoms with Gasteiger partial charge in [-0.2, -0.15) is 0 Å². The third-order valence-electron chi connectivity index (χ3n) is 6.37. The van der Waals surface area contributed by atoms with Gasteiger partial charge in [-0.1, -0.05) is 48.0 Å². The number of benzene rings is 2. The van der Waals surface area contributed by atoms with E-state index in [1.807, 2.05) is 24.3 Å². The van der Waals surface area contributed by atoms with Crippen LogP contribution in [0.5, 0.6) is 0 Å². The van der Waals surface area contributed by atoms with E-state index in [-0.39, 0.29) is 23.1 Å². The van der Waals surface area contributed by atoms with Gasteiger partial charge in [-0.25, -0.2) is 0 Å². The lowest BCUT2D eigenvalue weighted by atomic mass is 9.96. The Labute approximate surface area is 185 Å². The molecule has 0 aliphatic carbocycles. The Morgan fingerprint density at radius 3 is 2.52 bits per heavy atom. The van der Waals surface area contributed by atoms with E-state index in [0.717, 1.165) is 25.8 Å². The Morgan fingerprint density at radius 2 is 1.90 bits per heavy atom. The topological polar surface area (TPSA) is 82.2 Å². The van der Waals surface area contributed by atoms with Crippen LogP contribution < -0.4 is 11.1 Å². The zero-order valence-corrected chi connectivity index (χ0v) is 19.0. The number of nitrogens with one attached hydrogen (secondary N) is 2. The van der Waals surface area contributed by atoms with Crippen LogP contribution in [0.3, 0.4) is 0 Å². The van der Waals surface area contributed by atoms with Gasteiger partial charge in [0.15, 0.2) is 6.29 Å². The van der Waals surface area contributed by atoms with Crippen LogP contribution in [0, 0.1) is 19.3 Å². The monoisotopic (exact) mass is 418 g/mol. The fraction of sp³-hybridized carbons (Fsp3) is 0.385. The molecule has 31 heavy (non-hydrogen) atoms. The predicted octanol–water partition coefficient (Wildman–Crippen LogP) is 3.70. The zero-order valence-electron chi connectivity index (χ0n) is 19.0. The number of hydrogen-bond acceptors (Lipinski definition) is 5. The second-order valence-corrected chi connectivity index (χ2v) is 8.83. The number of hydrogen-bond donors (Lipinski definition) is 3. The van der Waals surface area contributed by atoms with E-state index in [4.69, 9.17) is 11.1 Å². The van der Waals surface area contributed by atoms with Crippen LogP contribution in [-0.2, 0) is 11.2 Å². The summed E-state index contributed by atoms with van der Waals surface area (Å²) in [6.45, 7) is 7.32. The van der Waals surface area contributed by atoms with E-state index in [9.17, 15) is 4.79 Å². The van der Waals surface area contributed by atoms with E-state index >= 15 is 0 Å². The molecule has 2 aromatic rings. The molecular weight excluding hydrogens is 384 g/mol. The zero-order chi connectivity index (χ0) is 22.5. The molecule has 1 fully saturated rings. The van der Waals surface area contributed by atoms with E-state index in [1.165, 1.54) is 22.3 Å². The molecule has 2 unspecified atom stereocenters. The van der Waals surface area contributed by atoms with Crippen molar-refractivity contribution in [3.05, 3.63) is 81.7 Å². The Hall–Kier alpha value is -2.92. The summed E-state index contributed by atoms with van der Waals surface area (Å²) in [7, 11) is 2.10. The molecule has 1 heterocycles. The highest BCUT2D eigenvalue weighted by molar-refractivity contribution is 6.21. The van der Waals surface area contributed by atoms with Crippen molar-refractivity contribution >= 4 is 12.0 Å². The second kappa shape index (κ2) is 9.92. The summed E-state index contributed by atoms with van der Waals surface area (Å²) in [6, 6.07) is 15.1. The minimum atomic E-state index is 0.149. The molecule has 3 rings (SSSR count). The maximum Gasteiger partial charge on any atom is 0.155 e. The molecule has 0 amide bonds. The third kappa shape index (κ3) is 5.61. The highest BCUT2D eigenvalue weighted by atomic mass is 16.1. The number of aryl methyl sites for hydroxylation is 2. The molecule has 1 saturated heterocycles. The molecule has 1 aliphatic heterocycles. The van der Waals surface area contributed by atoms with E-state index in [1.54, 1.807) is 0 Å². The first-order valence-corrected chi connectivity index (χ1v) is 10.9. The van der Waals surface area contributed by atoms with Crippen molar-refractivity contribution in [3.8, 4) is 0 Å². The molecular formula is C26H34N4O. The molecule has 2 atom stereocenters. The number of rotatable bonds is 7. The lowest BCUT2D eigenvalue weighted by Gasteiger charge is -2.36. The van der Waals surface area contributed by atoms with Crippen LogP contribution >= 0.6 is 0 Å². The van der Waals surface area contributed by atoms with Gasteiger partial charge in [-0.3, -0.25) is 10.2 Å². The van der Waals surface area contributed by atoms with Gasteiger partial charge in [0.25, 0.3) is 0 Å². The number of likely N-dealkylation sites (tertiary alicyclic amines) is 1. The molecule has 0 saturated carbocycles. The first-order chi connectivity index (χ1) is 14.8. The maximum atomic E-state index is 11.8. The van der Waals surface area contributed by atoms with Crippen LogP contribution in [-0.4, -0.2) is 42.6 Å². The number of likely N-dealkylation sites (N-methyl/N-ethyl adjacent to an activating group) is 1. The standard InChI is InChI=1S/C26H34N4O/c1-17-5-9-22(18(2)13-17)14-20-7-10-21(11-8-20)25(27)24(16-31)26(28)29-23-12-6-19(3)30(4)15-23/h5,7-11,13,16,19,23,27,29H,6,12,14-15,28H2,1-4H3/b26-24-,27-25?. The highest BCUT2D eigenvalue weighted by Gasteiger charge is 2.23. The first-order valence-electron chi connectivity index (χ1n) is 10.9. The summed E-state index contributed by atoms with van der Waals surface area (Å²) in [4.78, 5) is 14.0. The molecule has 2 aromatic carbocycles. The number of carbonyl (C=O) groups is 1. The van der Waals surface area contributed by atoms with Gasteiger partial charge in [0.2, 0.25) is 0 Å². The average Bonchev–Trinajstić information content (AvgIpc) is 2.74. The van der Waals surface area contributed by atoms with Crippen molar-refractivity contribution < 1.29 is 4.79 Å². The Balaban J connectivity index is 1.71. The first kappa shape index (κ1) is 22.8. The highest BCUT2D eigenvalue weighted by Crippen LogP contribution is 2.18. The number of carbonyl (C=O) groups excluding carboxylic acids is 1. The summed E-state index contributed by atoms with van der Waals surface area (Å²) in [5.41, 5.74) is 12.3. The van der Waals surface area contributed by atoms with Crippen LogP contribution in [0.2, 0.25) is 0 Å². The van der Waals surface area contributed by atoms with E-state index in [0.29, 0.717) is 17.9 Å². The SMILES string of the molecule is Cc1ccc(Cc2ccc(C(=N)/C(C=O)=C(/N)NC3CCC(C)N(C)C3)cc2)c(C)c1. The molecule has 0 aromatic heterocycles. The van der Waals surface area contributed by atoms with Crippen LogP contribution in [0.15, 0.2) is 53.9 Å². The van der Waals surface area contributed by atoms with Crippen LogP contribution in [0.25, 0.3) is 0 Å². The van der Waals surface area contributed by atoms with Gasteiger partial charge in [-0.05, 0) is 63.8 Å². The molecule has 0 radical (unpaired) electrons. The molecule has 5 nitrogen and oxygen atoms in total. The van der Waals surface area contributed by atoms with Crippen molar-refractivity contribution in [2.45, 2.75) is 52.1 Å². The largest absolute Gasteiger partial charge is 0.385 e. The van der Waals surface area contributed by atoms with Crippen LogP contribution in [0.1, 0.15) is 47.6 Å². The molecule has 0 spiro atoms. The Kier molecular flexibility index (Phi) is 7.29. The van der Waals surface area contributed by atoms with Gasteiger partial charge in [0, 0.05) is 24.2 Å². The van der Waals surface area contributed by atoms with E-state index < -0.39 is 0 Å². The fourth-order valence-corrected chi connectivity index (χ4v) is 4.16. The predicted molar refractivity (Wildman–Crippen MR) is 128 cm³/mol. The second-order valence-electron chi connectivity index (χ2n) is 8.83. The summed E-state index contributed by atoms with van der Waals surface area (Å²) >= 11 is 0. The number of nitrogens with two attached hydrogens (primary N) is 1. The number of piperidine rings is 1. The summed E-state index contributed by atoms with van der Waals surface area (Å²) in [5, 5.41) is 11.8. The molecule has 164 valence electrons. The molecule has 0 bridgehead atoms. The summed E-state index contributed by atoms with van der Waals surface area (Å²) in [6.07, 6.45) is 3.60. The number of aldehydes is 1. The van der Waals surface area contributed by atoms with Crippen molar-refractivity contribution in [3.63, 3.8) is 0 Å². The van der Waals surface area contributed by atoms with Crippen molar-refractivity contribution in [1.29, 1.82) is 5.41 Å². The van der Waals surface area contributed by atoms with Crippen molar-refractivity contribution in [1.82, 2.24) is 10.2 Å². The lowest BCUT2D eigenvalue weighted by Crippen LogP contribution is -2.48. The minimum Gasteiger partial charge on any atom is -0.385 e. The summed E-state index contributed by atoms with van der Waals surface area (Å²) in [5.74, 6) is 0.285. The minimum absolute atomic E-state index is 0.149. The van der Waals surface area contributed by atoms with Crippen LogP contribution in [0.4, 0.5) is 0 Å². The lowest BCUT2D eigenvalue weighted by molar-refractivity contribution is -0.104. The quantitative estimate of drug-likeness (QED) is 0.364. The van der Waals surface area contributed by atoms with E-state index in [2.05, 4.69) is 56.2 Å². The van der Waals surface area contributed by atoms with Crippen molar-refractivity contribution in [2.24, 2.45) is 5.73 Å². The Bertz CT molecular complexity index is 977. The van der Waals surface area contributed by atoms with Gasteiger partial charge in [-0.15, -0.1) is 0 Å². The smallest absolute Gasteiger partial charge is 0.155 e. The van der Waals surface area contributed by atoms with Gasteiger partial charge >= 0.3 is 0 Å². The summed E-state index contributed by atoms with van der Waals surface area (Å²) < 4.78 is 0. The molecule has 5 heteroatoms. The fourth-order valence-electron chi connectivity index (χ4n) is 4.16. The maximum absolute atomic E-state index is 11.8.